The number of methoxy groups -OCH3 is 2. The van der Waals surface area contributed by atoms with Gasteiger partial charge in [0.2, 0.25) is 0 Å². The average Bonchev–Trinajstić information content (AvgIpc) is 2.83. The molecule has 0 amide bonds. The molecule has 3 aromatic rings. The summed E-state index contributed by atoms with van der Waals surface area (Å²) < 4.78 is 10.3. The third-order valence-electron chi connectivity index (χ3n) is 5.07. The summed E-state index contributed by atoms with van der Waals surface area (Å²) >= 11 is 13.4. The smallest absolute Gasteiger partial charge is 0.181 e. The monoisotopic (exact) mass is 456 g/mol. The minimum Gasteiger partial charge on any atom is -0.497 e. The van der Waals surface area contributed by atoms with Gasteiger partial charge in [-0.2, -0.15) is 0 Å². The lowest BCUT2D eigenvalue weighted by atomic mass is 9.85. The van der Waals surface area contributed by atoms with E-state index in [1.807, 2.05) is 30.3 Å². The highest BCUT2D eigenvalue weighted by Gasteiger charge is 2.37. The van der Waals surface area contributed by atoms with Gasteiger partial charge in [-0.3, -0.25) is 9.59 Å². The number of carbonyl (C=O) groups is 2. The van der Waals surface area contributed by atoms with Gasteiger partial charge in [0.25, 0.3) is 0 Å². The van der Waals surface area contributed by atoms with E-state index >= 15 is 0 Å². The molecule has 4 nitrogen and oxygen atoms in total. The fraction of sp³-hybridized carbons (Fsp3) is 0.200. The summed E-state index contributed by atoms with van der Waals surface area (Å²) in [4.78, 5) is 26.3. The molecule has 160 valence electrons. The highest BCUT2D eigenvalue weighted by atomic mass is 35.5. The summed E-state index contributed by atoms with van der Waals surface area (Å²) in [5.74, 6) is -0.0918. The molecular formula is C25H22Cl2O4. The number of rotatable bonds is 9. The van der Waals surface area contributed by atoms with E-state index in [9.17, 15) is 9.59 Å². The second-order valence-corrected chi connectivity index (χ2v) is 7.87. The predicted octanol–water partition coefficient (Wildman–Crippen LogP) is 5.77. The van der Waals surface area contributed by atoms with E-state index in [1.54, 1.807) is 62.8 Å². The number of halogens is 2. The number of carbonyl (C=O) groups excluding carboxylic acids is 2. The van der Waals surface area contributed by atoms with E-state index < -0.39 is 16.7 Å². The molecular weight excluding hydrogens is 435 g/mol. The van der Waals surface area contributed by atoms with Gasteiger partial charge in [0, 0.05) is 17.0 Å². The van der Waals surface area contributed by atoms with Gasteiger partial charge in [0.15, 0.2) is 11.6 Å². The first-order chi connectivity index (χ1) is 15.0. The van der Waals surface area contributed by atoms with Crippen molar-refractivity contribution in [1.29, 1.82) is 0 Å². The number of ether oxygens (including phenoxy) is 2. The Morgan fingerprint density at radius 3 is 1.39 bits per heavy atom. The molecule has 3 aromatic carbocycles. The minimum atomic E-state index is -1.04. The van der Waals surface area contributed by atoms with Crippen molar-refractivity contribution in [3.63, 3.8) is 0 Å². The van der Waals surface area contributed by atoms with E-state index in [0.717, 1.165) is 0 Å². The van der Waals surface area contributed by atoms with Gasteiger partial charge < -0.3 is 9.47 Å². The van der Waals surface area contributed by atoms with Crippen LogP contribution < -0.4 is 9.47 Å². The molecule has 0 bridgehead atoms. The summed E-state index contributed by atoms with van der Waals surface area (Å²) in [5.41, 5.74) is 1.55. The van der Waals surface area contributed by atoms with E-state index in [-0.39, 0.29) is 11.6 Å². The lowest BCUT2D eigenvalue weighted by Crippen LogP contribution is -2.34. The van der Waals surface area contributed by atoms with Crippen LogP contribution in [0.5, 0.6) is 11.5 Å². The molecule has 0 radical (unpaired) electrons. The van der Waals surface area contributed by atoms with Crippen LogP contribution in [0, 0.1) is 0 Å². The molecule has 0 aliphatic rings. The Morgan fingerprint density at radius 2 is 1.03 bits per heavy atom. The maximum absolute atomic E-state index is 13.1. The zero-order valence-electron chi connectivity index (χ0n) is 17.1. The summed E-state index contributed by atoms with van der Waals surface area (Å²) in [7, 11) is 3.10. The molecule has 0 aromatic heterocycles. The fourth-order valence-corrected chi connectivity index (χ4v) is 4.23. The zero-order valence-corrected chi connectivity index (χ0v) is 18.6. The summed E-state index contributed by atoms with van der Waals surface area (Å²) in [6.07, 6.45) is 0. The van der Waals surface area contributed by atoms with Crippen LogP contribution in [0.1, 0.15) is 32.2 Å². The molecule has 0 spiro atoms. The van der Waals surface area contributed by atoms with Crippen molar-refractivity contribution >= 4 is 34.8 Å². The lowest BCUT2D eigenvalue weighted by Gasteiger charge is -2.26. The Bertz CT molecular complexity index is 952. The largest absolute Gasteiger partial charge is 0.497 e. The van der Waals surface area contributed by atoms with Crippen molar-refractivity contribution in [3.05, 3.63) is 95.6 Å². The van der Waals surface area contributed by atoms with Gasteiger partial charge in [-0.25, -0.2) is 0 Å². The third-order valence-corrected chi connectivity index (χ3v) is 6.00. The van der Waals surface area contributed by atoms with Gasteiger partial charge in [-0.05, 0) is 54.1 Å². The highest BCUT2D eigenvalue weighted by Crippen LogP contribution is 2.35. The summed E-state index contributed by atoms with van der Waals surface area (Å²) in [5, 5.41) is -2.08. The SMILES string of the molecule is COc1ccc(C(=O)C(Cl)C(c2ccccc2)C(Cl)C(=O)c2ccc(OC)cc2)cc1. The van der Waals surface area contributed by atoms with Crippen LogP contribution >= 0.6 is 23.2 Å². The number of alkyl halides is 2. The van der Waals surface area contributed by atoms with E-state index in [4.69, 9.17) is 32.7 Å². The Balaban J connectivity index is 1.93. The van der Waals surface area contributed by atoms with Gasteiger partial charge in [0.1, 0.15) is 22.3 Å². The summed E-state index contributed by atoms with van der Waals surface area (Å²) in [6, 6.07) is 22.5. The van der Waals surface area contributed by atoms with Crippen molar-refractivity contribution in [3.8, 4) is 11.5 Å². The minimum absolute atomic E-state index is 0.314. The van der Waals surface area contributed by atoms with E-state index in [1.165, 1.54) is 0 Å². The predicted molar refractivity (Wildman–Crippen MR) is 123 cm³/mol. The molecule has 2 atom stereocenters. The van der Waals surface area contributed by atoms with Crippen LogP contribution in [0.25, 0.3) is 0 Å². The standard InChI is InChI=1S/C25H22Cl2O4/c1-30-19-12-8-17(9-13-19)24(28)22(26)21(16-6-4-3-5-7-16)23(27)25(29)18-10-14-20(31-2)15-11-18/h3-15,21-23H,1-2H3. The molecule has 0 saturated heterocycles. The zero-order chi connectivity index (χ0) is 22.4. The molecule has 6 heteroatoms. The normalized spacial score (nSPS) is 13.7. The van der Waals surface area contributed by atoms with Gasteiger partial charge in [0.05, 0.1) is 14.2 Å². The fourth-order valence-electron chi connectivity index (χ4n) is 3.32. The van der Waals surface area contributed by atoms with Crippen LogP contribution in [0.15, 0.2) is 78.9 Å². The van der Waals surface area contributed by atoms with Crippen molar-refractivity contribution in [2.45, 2.75) is 16.7 Å². The Hall–Kier alpha value is -2.82. The molecule has 0 aliphatic heterocycles. The van der Waals surface area contributed by atoms with Crippen LogP contribution in [-0.2, 0) is 0 Å². The number of ketones is 2. The topological polar surface area (TPSA) is 52.6 Å². The number of hydrogen-bond acceptors (Lipinski definition) is 4. The molecule has 2 unspecified atom stereocenters. The van der Waals surface area contributed by atoms with Crippen LogP contribution in [0.3, 0.4) is 0 Å². The van der Waals surface area contributed by atoms with Gasteiger partial charge >= 0.3 is 0 Å². The van der Waals surface area contributed by atoms with E-state index in [0.29, 0.717) is 28.2 Å². The summed E-state index contributed by atoms with van der Waals surface area (Å²) in [6.45, 7) is 0. The van der Waals surface area contributed by atoms with Crippen LogP contribution in [0.2, 0.25) is 0 Å². The maximum atomic E-state index is 13.1. The van der Waals surface area contributed by atoms with Crippen molar-refractivity contribution in [2.24, 2.45) is 0 Å². The molecule has 0 N–H and O–H groups in total. The van der Waals surface area contributed by atoms with Crippen molar-refractivity contribution in [2.75, 3.05) is 14.2 Å². The maximum Gasteiger partial charge on any atom is 0.181 e. The van der Waals surface area contributed by atoms with E-state index in [2.05, 4.69) is 0 Å². The first kappa shape index (κ1) is 22.9. The molecule has 0 aliphatic carbocycles. The Labute approximate surface area is 191 Å². The Morgan fingerprint density at radius 1 is 0.645 bits per heavy atom. The first-order valence-corrected chi connectivity index (χ1v) is 10.5. The molecule has 0 heterocycles. The van der Waals surface area contributed by atoms with Crippen molar-refractivity contribution in [1.82, 2.24) is 0 Å². The molecule has 31 heavy (non-hydrogen) atoms. The molecule has 3 rings (SSSR count). The number of hydrogen-bond donors (Lipinski definition) is 0. The lowest BCUT2D eigenvalue weighted by molar-refractivity contribution is 0.0951. The van der Waals surface area contributed by atoms with Crippen LogP contribution in [-0.4, -0.2) is 36.5 Å². The number of benzene rings is 3. The highest BCUT2D eigenvalue weighted by molar-refractivity contribution is 6.39. The third kappa shape index (κ3) is 5.27. The second kappa shape index (κ2) is 10.5. The van der Waals surface area contributed by atoms with Gasteiger partial charge in [-0.1, -0.05) is 30.3 Å². The molecule has 0 saturated carbocycles. The Kier molecular flexibility index (Phi) is 7.72. The molecule has 0 fully saturated rings. The van der Waals surface area contributed by atoms with Gasteiger partial charge in [-0.15, -0.1) is 23.2 Å². The van der Waals surface area contributed by atoms with Crippen molar-refractivity contribution < 1.29 is 19.1 Å². The average molecular weight is 457 g/mol. The van der Waals surface area contributed by atoms with Crippen LogP contribution in [0.4, 0.5) is 0 Å². The quantitative estimate of drug-likeness (QED) is 0.303. The second-order valence-electron chi connectivity index (χ2n) is 6.93. The first-order valence-electron chi connectivity index (χ1n) is 9.66. The number of Topliss-reactive ketones (excluding diaryl/α,β-unsaturated/α-hetero) is 2.